The molecule has 0 unspecified atom stereocenters. The molecule has 1 atom stereocenters. The number of fused-ring (bicyclic) bond motifs is 1. The third kappa shape index (κ3) is 4.70. The lowest BCUT2D eigenvalue weighted by Crippen LogP contribution is -2.21. The Morgan fingerprint density at radius 1 is 1.23 bits per heavy atom. The van der Waals surface area contributed by atoms with Gasteiger partial charge >= 0.3 is 0 Å². The van der Waals surface area contributed by atoms with Crippen molar-refractivity contribution < 1.29 is 9.18 Å². The molecule has 1 amide bonds. The zero-order valence-corrected chi connectivity index (χ0v) is 17.9. The number of nitrogens with zero attached hydrogens (tertiary/aromatic N) is 8. The molecule has 0 radical (unpaired) electrons. The summed E-state index contributed by atoms with van der Waals surface area (Å²) in [5.41, 5.74) is 2.49. The summed E-state index contributed by atoms with van der Waals surface area (Å²) >= 11 is 0. The molecule has 164 valence electrons. The van der Waals surface area contributed by atoms with Crippen LogP contribution in [0.25, 0.3) is 17.8 Å². The summed E-state index contributed by atoms with van der Waals surface area (Å²) < 4.78 is 16.8. The van der Waals surface area contributed by atoms with Gasteiger partial charge in [0.15, 0.2) is 17.3 Å². The lowest BCUT2D eigenvalue weighted by Gasteiger charge is -2.10. The summed E-state index contributed by atoms with van der Waals surface area (Å²) in [6.45, 7) is 5.73. The van der Waals surface area contributed by atoms with Crippen molar-refractivity contribution in [3.8, 4) is 0 Å². The summed E-state index contributed by atoms with van der Waals surface area (Å²) in [6, 6.07) is 0. The minimum absolute atomic E-state index is 0.204. The molecule has 10 nitrogen and oxygen atoms in total. The number of aromatic nitrogens is 7. The van der Waals surface area contributed by atoms with Gasteiger partial charge in [-0.15, -0.1) is 10.2 Å². The molecule has 0 aromatic carbocycles. The van der Waals surface area contributed by atoms with Gasteiger partial charge in [-0.2, -0.15) is 4.98 Å². The van der Waals surface area contributed by atoms with Crippen LogP contribution >= 0.6 is 0 Å². The van der Waals surface area contributed by atoms with E-state index in [1.807, 2.05) is 31.9 Å². The van der Waals surface area contributed by atoms with Crippen molar-refractivity contribution in [3.05, 3.63) is 29.2 Å². The zero-order valence-electron chi connectivity index (χ0n) is 17.9. The Bertz CT molecular complexity index is 1070. The van der Waals surface area contributed by atoms with Gasteiger partial charge in [0.1, 0.15) is 6.17 Å². The second-order valence-electron chi connectivity index (χ2n) is 7.70. The first-order valence-corrected chi connectivity index (χ1v) is 10.3. The maximum absolute atomic E-state index is 13.4. The normalized spacial score (nSPS) is 18.6. The summed E-state index contributed by atoms with van der Waals surface area (Å²) in [6.07, 6.45) is 6.87. The first-order valence-electron chi connectivity index (χ1n) is 10.3. The number of alkyl halides is 1. The van der Waals surface area contributed by atoms with Crippen LogP contribution in [0.2, 0.25) is 0 Å². The van der Waals surface area contributed by atoms with Crippen LogP contribution in [0.1, 0.15) is 42.3 Å². The van der Waals surface area contributed by atoms with Crippen molar-refractivity contribution in [2.45, 2.75) is 39.3 Å². The van der Waals surface area contributed by atoms with Gasteiger partial charge in [0.05, 0.1) is 17.9 Å². The van der Waals surface area contributed by atoms with E-state index in [1.54, 1.807) is 21.5 Å². The molecule has 0 spiro atoms. The van der Waals surface area contributed by atoms with E-state index in [4.69, 9.17) is 0 Å². The summed E-state index contributed by atoms with van der Waals surface area (Å²) in [5.74, 6) is 2.01. The van der Waals surface area contributed by atoms with Gasteiger partial charge in [-0.05, 0) is 38.8 Å². The Hall–Kier alpha value is -3.37. The van der Waals surface area contributed by atoms with E-state index >= 15 is 0 Å². The zero-order chi connectivity index (χ0) is 22.0. The molecular formula is C20H26FN9O. The maximum atomic E-state index is 13.4. The van der Waals surface area contributed by atoms with Crippen LogP contribution in [0.5, 0.6) is 0 Å². The van der Waals surface area contributed by atoms with Crippen LogP contribution in [0.4, 0.5) is 10.3 Å². The third-order valence-corrected chi connectivity index (χ3v) is 5.21. The van der Waals surface area contributed by atoms with Crippen molar-refractivity contribution in [1.82, 2.24) is 39.7 Å². The number of rotatable bonds is 3. The molecule has 2 aliphatic heterocycles. The third-order valence-electron chi connectivity index (χ3n) is 5.21. The highest BCUT2D eigenvalue weighted by atomic mass is 19.1. The Morgan fingerprint density at radius 3 is 2.68 bits per heavy atom. The standard InChI is InChI=1S/C16H19FN8.C4H7NO/c1-10-8-18-11(2)15-19-13(21-25(10)15)4-5-14-20-16(22-23(14)3)24-7-6-12(17)9-24;6-4-2-1-3-5-4/h4-5,8,12H,6-7,9H2,1-3H3;1-3H2,(H,5,6)/b5-4+;/t12-;/m0./s1. The van der Waals surface area contributed by atoms with Crippen molar-refractivity contribution in [1.29, 1.82) is 0 Å². The van der Waals surface area contributed by atoms with Gasteiger partial charge in [0.2, 0.25) is 11.9 Å². The van der Waals surface area contributed by atoms with Gasteiger partial charge in [-0.3, -0.25) is 9.78 Å². The smallest absolute Gasteiger partial charge is 0.245 e. The van der Waals surface area contributed by atoms with Crippen LogP contribution < -0.4 is 10.2 Å². The van der Waals surface area contributed by atoms with E-state index < -0.39 is 6.17 Å². The van der Waals surface area contributed by atoms with Gasteiger partial charge < -0.3 is 10.2 Å². The van der Waals surface area contributed by atoms with E-state index in [1.165, 1.54) is 0 Å². The fourth-order valence-corrected chi connectivity index (χ4v) is 3.46. The Kier molecular flexibility index (Phi) is 5.92. The number of hydrogen-bond donors (Lipinski definition) is 1. The number of amides is 1. The summed E-state index contributed by atoms with van der Waals surface area (Å²) in [5, 5.41) is 11.5. The molecule has 31 heavy (non-hydrogen) atoms. The molecule has 3 aromatic rings. The van der Waals surface area contributed by atoms with Crippen LogP contribution in [-0.2, 0) is 11.8 Å². The van der Waals surface area contributed by atoms with E-state index in [9.17, 15) is 9.18 Å². The number of carbonyl (C=O) groups excluding carboxylic acids is 1. The number of halogens is 1. The first kappa shape index (κ1) is 20.9. The highest BCUT2D eigenvalue weighted by Crippen LogP contribution is 2.19. The lowest BCUT2D eigenvalue weighted by atomic mass is 10.3. The van der Waals surface area contributed by atoms with Crippen LogP contribution in [-0.4, -0.2) is 66.1 Å². The van der Waals surface area contributed by atoms with Gasteiger partial charge in [-0.1, -0.05) is 0 Å². The number of carbonyl (C=O) groups is 1. The molecule has 0 bridgehead atoms. The number of nitrogens with one attached hydrogen (secondary N) is 1. The van der Waals surface area contributed by atoms with Gasteiger partial charge in [0, 0.05) is 32.8 Å². The average Bonchev–Trinajstić information content (AvgIpc) is 3.52. The number of anilines is 1. The van der Waals surface area contributed by atoms with Crippen LogP contribution in [0.3, 0.4) is 0 Å². The lowest BCUT2D eigenvalue weighted by molar-refractivity contribution is -0.119. The van der Waals surface area contributed by atoms with E-state index in [2.05, 4.69) is 30.5 Å². The first-order chi connectivity index (χ1) is 14.9. The molecule has 1 N–H and O–H groups in total. The highest BCUT2D eigenvalue weighted by molar-refractivity contribution is 5.77. The monoisotopic (exact) mass is 427 g/mol. The van der Waals surface area contributed by atoms with E-state index in [0.29, 0.717) is 37.1 Å². The van der Waals surface area contributed by atoms with Crippen molar-refractivity contribution in [3.63, 3.8) is 0 Å². The Labute approximate surface area is 179 Å². The number of hydrogen-bond acceptors (Lipinski definition) is 7. The fourth-order valence-electron chi connectivity index (χ4n) is 3.46. The van der Waals surface area contributed by atoms with Crippen molar-refractivity contribution >= 4 is 29.7 Å². The molecule has 0 saturated carbocycles. The second-order valence-corrected chi connectivity index (χ2v) is 7.70. The molecule has 11 heteroatoms. The SMILES string of the molecule is Cc1ncc(C)n2nc(/C=C/c3nc(N4CC[C@H](F)C4)nn3C)nc12.O=C1CCCN1. The van der Waals surface area contributed by atoms with Crippen molar-refractivity contribution in [2.75, 3.05) is 24.5 Å². The molecule has 2 saturated heterocycles. The second kappa shape index (κ2) is 8.78. The molecule has 5 rings (SSSR count). The predicted octanol–water partition coefficient (Wildman–Crippen LogP) is 1.48. The fraction of sp³-hybridized carbons (Fsp3) is 0.500. The summed E-state index contributed by atoms with van der Waals surface area (Å²) in [4.78, 5) is 25.3. The number of aryl methyl sites for hydroxylation is 3. The maximum Gasteiger partial charge on any atom is 0.245 e. The molecule has 0 aliphatic carbocycles. The molecule has 2 aliphatic rings. The summed E-state index contributed by atoms with van der Waals surface area (Å²) in [7, 11) is 1.81. The molecule has 2 fully saturated rings. The van der Waals surface area contributed by atoms with Crippen LogP contribution in [0, 0.1) is 13.8 Å². The average molecular weight is 427 g/mol. The Morgan fingerprint density at radius 2 is 2.06 bits per heavy atom. The van der Waals surface area contributed by atoms with Gasteiger partial charge in [0.25, 0.3) is 0 Å². The quantitative estimate of drug-likeness (QED) is 0.675. The Balaban J connectivity index is 0.000000334. The van der Waals surface area contributed by atoms with Crippen molar-refractivity contribution in [2.24, 2.45) is 7.05 Å². The minimum atomic E-state index is -0.801. The molecular weight excluding hydrogens is 401 g/mol. The molecule has 5 heterocycles. The van der Waals surface area contributed by atoms with Crippen LogP contribution in [0.15, 0.2) is 6.20 Å². The predicted molar refractivity (Wildman–Crippen MR) is 114 cm³/mol. The highest BCUT2D eigenvalue weighted by Gasteiger charge is 2.25. The topological polar surface area (TPSA) is 106 Å². The molecule has 3 aromatic heterocycles. The largest absolute Gasteiger partial charge is 0.356 e. The minimum Gasteiger partial charge on any atom is -0.356 e. The van der Waals surface area contributed by atoms with E-state index in [-0.39, 0.29) is 5.91 Å². The van der Waals surface area contributed by atoms with Gasteiger partial charge in [-0.25, -0.2) is 18.6 Å². The van der Waals surface area contributed by atoms with E-state index in [0.717, 1.165) is 36.4 Å².